The molecule has 2 aromatic carbocycles. The number of rotatable bonds is 4. The van der Waals surface area contributed by atoms with Crippen LogP contribution >= 0.6 is 0 Å². The molecule has 2 atom stereocenters. The highest BCUT2D eigenvalue weighted by Gasteiger charge is 2.43. The molecule has 0 saturated heterocycles. The Kier molecular flexibility index (Phi) is 4.76. The van der Waals surface area contributed by atoms with E-state index >= 15 is 0 Å². The van der Waals surface area contributed by atoms with E-state index in [2.05, 4.69) is 0 Å². The van der Waals surface area contributed by atoms with E-state index in [-0.39, 0.29) is 37.2 Å². The van der Waals surface area contributed by atoms with E-state index < -0.39 is 0 Å². The van der Waals surface area contributed by atoms with Gasteiger partial charge in [0, 0.05) is 12.8 Å². The number of ether oxygens (including phenoxy) is 4. The fraction of sp³-hybridized carbons (Fsp3) is 0.417. The van der Waals surface area contributed by atoms with Crippen molar-refractivity contribution < 1.29 is 28.5 Å². The Morgan fingerprint density at radius 2 is 1.58 bits per heavy atom. The summed E-state index contributed by atoms with van der Waals surface area (Å²) in [5.74, 6) is 2.21. The lowest BCUT2D eigenvalue weighted by atomic mass is 9.76. The zero-order valence-electron chi connectivity index (χ0n) is 17.9. The van der Waals surface area contributed by atoms with Crippen molar-refractivity contribution in [3.63, 3.8) is 0 Å². The van der Waals surface area contributed by atoms with Crippen molar-refractivity contribution in [2.24, 2.45) is 0 Å². The summed E-state index contributed by atoms with van der Waals surface area (Å²) in [7, 11) is 1.56. The lowest BCUT2D eigenvalue weighted by molar-refractivity contribution is -0.137. The van der Waals surface area contributed by atoms with Crippen molar-refractivity contribution >= 4 is 11.9 Å². The highest BCUT2D eigenvalue weighted by Crippen LogP contribution is 2.52. The highest BCUT2D eigenvalue weighted by molar-refractivity contribution is 5.79. The van der Waals surface area contributed by atoms with E-state index in [9.17, 15) is 9.59 Å². The molecule has 31 heavy (non-hydrogen) atoms. The third kappa shape index (κ3) is 3.10. The zero-order chi connectivity index (χ0) is 21.7. The molecule has 1 amide bonds. The van der Waals surface area contributed by atoms with Gasteiger partial charge in [0.2, 0.25) is 12.7 Å². The van der Waals surface area contributed by atoms with Crippen LogP contribution in [0.5, 0.6) is 23.0 Å². The van der Waals surface area contributed by atoms with Crippen LogP contribution in [0, 0.1) is 0 Å². The molecule has 0 aromatic heterocycles. The Labute approximate surface area is 180 Å². The molecular formula is C24H25NO6. The molecule has 3 heterocycles. The molecule has 0 spiro atoms. The average Bonchev–Trinajstić information content (AvgIpc) is 3.24. The lowest BCUT2D eigenvalue weighted by Gasteiger charge is -2.48. The van der Waals surface area contributed by atoms with Crippen molar-refractivity contribution in [1.29, 1.82) is 0 Å². The number of carbonyl (C=O) groups excluding carboxylic acids is 2. The van der Waals surface area contributed by atoms with Gasteiger partial charge in [-0.25, -0.2) is 0 Å². The van der Waals surface area contributed by atoms with Gasteiger partial charge in [0.05, 0.1) is 19.2 Å². The van der Waals surface area contributed by atoms with Gasteiger partial charge in [-0.15, -0.1) is 0 Å². The Morgan fingerprint density at radius 3 is 2.23 bits per heavy atom. The second-order valence-electron chi connectivity index (χ2n) is 8.03. The molecule has 7 nitrogen and oxygen atoms in total. The van der Waals surface area contributed by atoms with Gasteiger partial charge in [0.15, 0.2) is 23.0 Å². The van der Waals surface area contributed by atoms with Crippen LogP contribution in [0.15, 0.2) is 24.3 Å². The smallest absolute Gasteiger partial charge is 0.311 e. The van der Waals surface area contributed by atoms with Crippen LogP contribution < -0.4 is 18.9 Å². The van der Waals surface area contributed by atoms with Crippen molar-refractivity contribution in [3.8, 4) is 23.0 Å². The maximum absolute atomic E-state index is 13.0. The molecule has 3 aliphatic rings. The Hall–Kier alpha value is -3.22. The van der Waals surface area contributed by atoms with Crippen molar-refractivity contribution in [2.45, 2.75) is 51.6 Å². The van der Waals surface area contributed by atoms with E-state index in [1.807, 2.05) is 36.1 Å². The van der Waals surface area contributed by atoms with E-state index in [4.69, 9.17) is 18.9 Å². The summed E-state index contributed by atoms with van der Waals surface area (Å²) >= 11 is 0. The molecule has 3 aliphatic heterocycles. The number of nitrogens with zero attached hydrogens (tertiary/aromatic N) is 1. The van der Waals surface area contributed by atoms with E-state index in [1.54, 1.807) is 14.0 Å². The molecule has 5 rings (SSSR count). The lowest BCUT2D eigenvalue weighted by Crippen LogP contribution is -2.46. The Balaban J connectivity index is 1.63. The monoisotopic (exact) mass is 423 g/mol. The zero-order valence-corrected chi connectivity index (χ0v) is 17.9. The number of hydrogen-bond donors (Lipinski definition) is 0. The van der Waals surface area contributed by atoms with Gasteiger partial charge in [-0.05, 0) is 59.4 Å². The molecule has 0 fully saturated rings. The van der Waals surface area contributed by atoms with Crippen LogP contribution in [-0.2, 0) is 22.4 Å². The third-order valence-electron chi connectivity index (χ3n) is 6.38. The minimum Gasteiger partial charge on any atom is -0.493 e. The molecule has 162 valence electrons. The van der Waals surface area contributed by atoms with Crippen LogP contribution in [0.1, 0.15) is 61.0 Å². The summed E-state index contributed by atoms with van der Waals surface area (Å²) in [6, 6.07) is 7.66. The minimum atomic E-state index is -0.310. The number of amides is 1. The summed E-state index contributed by atoms with van der Waals surface area (Å²) in [6.07, 6.45) is 2.03. The Bertz CT molecular complexity index is 1080. The molecule has 2 aromatic rings. The fourth-order valence-corrected chi connectivity index (χ4v) is 4.91. The second kappa shape index (κ2) is 7.48. The number of benzene rings is 2. The molecule has 7 heteroatoms. The van der Waals surface area contributed by atoms with Gasteiger partial charge in [0.25, 0.3) is 0 Å². The molecule has 2 bridgehead atoms. The molecule has 0 aliphatic carbocycles. The first-order chi connectivity index (χ1) is 15.0. The van der Waals surface area contributed by atoms with Crippen LogP contribution in [-0.4, -0.2) is 30.7 Å². The predicted molar refractivity (Wildman–Crippen MR) is 112 cm³/mol. The van der Waals surface area contributed by atoms with Gasteiger partial charge >= 0.3 is 5.97 Å². The number of esters is 1. The standard InChI is InChI=1S/C24H25NO6/c1-4-23(26)25-17-6-13-8-20-21(30-12-29-20)11-16(13)18(25)7-14-9-22(31-24(27)5-2)19(28-3)10-15(14)17/h8-11,17-18H,4-7,12H2,1-3H3/t17-,18-/m0/s1. The highest BCUT2D eigenvalue weighted by atomic mass is 16.7. The van der Waals surface area contributed by atoms with E-state index in [1.165, 1.54) is 5.56 Å². The predicted octanol–water partition coefficient (Wildman–Crippen LogP) is 3.87. The largest absolute Gasteiger partial charge is 0.493 e. The quantitative estimate of drug-likeness (QED) is 0.549. The summed E-state index contributed by atoms with van der Waals surface area (Å²) in [5, 5.41) is 0. The molecular weight excluding hydrogens is 398 g/mol. The van der Waals surface area contributed by atoms with Crippen molar-refractivity contribution in [1.82, 2.24) is 4.90 Å². The van der Waals surface area contributed by atoms with Gasteiger partial charge in [-0.3, -0.25) is 9.59 Å². The topological polar surface area (TPSA) is 74.3 Å². The first kappa shape index (κ1) is 19.7. The van der Waals surface area contributed by atoms with Gasteiger partial charge in [-0.1, -0.05) is 13.8 Å². The maximum Gasteiger partial charge on any atom is 0.311 e. The van der Waals surface area contributed by atoms with Crippen LogP contribution in [0.3, 0.4) is 0 Å². The number of carbonyl (C=O) groups is 2. The molecule has 0 saturated carbocycles. The maximum atomic E-state index is 13.0. The number of hydrogen-bond acceptors (Lipinski definition) is 6. The minimum absolute atomic E-state index is 0.105. The number of methoxy groups -OCH3 is 1. The van der Waals surface area contributed by atoms with Crippen LogP contribution in [0.4, 0.5) is 0 Å². The first-order valence-electron chi connectivity index (χ1n) is 10.7. The molecule has 0 N–H and O–H groups in total. The van der Waals surface area contributed by atoms with Crippen molar-refractivity contribution in [2.75, 3.05) is 13.9 Å². The van der Waals surface area contributed by atoms with E-state index in [0.29, 0.717) is 30.8 Å². The normalized spacial score (nSPS) is 20.0. The molecule has 0 unspecified atom stereocenters. The van der Waals surface area contributed by atoms with Crippen molar-refractivity contribution in [3.05, 3.63) is 46.5 Å². The van der Waals surface area contributed by atoms with Crippen LogP contribution in [0.25, 0.3) is 0 Å². The van der Waals surface area contributed by atoms with Crippen LogP contribution in [0.2, 0.25) is 0 Å². The summed E-state index contributed by atoms with van der Waals surface area (Å²) in [5.41, 5.74) is 4.37. The van der Waals surface area contributed by atoms with Gasteiger partial charge in [-0.2, -0.15) is 0 Å². The number of fused-ring (bicyclic) bond motifs is 7. The van der Waals surface area contributed by atoms with Gasteiger partial charge < -0.3 is 23.8 Å². The summed E-state index contributed by atoms with van der Waals surface area (Å²) < 4.78 is 22.2. The second-order valence-corrected chi connectivity index (χ2v) is 8.03. The van der Waals surface area contributed by atoms with Gasteiger partial charge in [0.1, 0.15) is 0 Å². The van der Waals surface area contributed by atoms with E-state index in [0.717, 1.165) is 28.2 Å². The molecule has 0 radical (unpaired) electrons. The average molecular weight is 423 g/mol. The third-order valence-corrected chi connectivity index (χ3v) is 6.38. The first-order valence-corrected chi connectivity index (χ1v) is 10.7. The summed E-state index contributed by atoms with van der Waals surface area (Å²) in [4.78, 5) is 26.9. The Morgan fingerprint density at radius 1 is 0.935 bits per heavy atom. The SMILES string of the molecule is CCC(=O)Oc1cc2c(cc1OC)[C@@H]1Cc3cc4c(cc3[C@H](C2)N1C(=O)CC)OCO4. The fourth-order valence-electron chi connectivity index (χ4n) is 4.91. The summed E-state index contributed by atoms with van der Waals surface area (Å²) in [6.45, 7) is 3.86.